The van der Waals surface area contributed by atoms with E-state index in [9.17, 15) is 8.42 Å². The Morgan fingerprint density at radius 2 is 1.75 bits per heavy atom. The molecule has 0 heterocycles. The molecule has 0 aliphatic carbocycles. The number of aryl methyl sites for hydroxylation is 1. The number of rotatable bonds is 3. The van der Waals surface area contributed by atoms with Gasteiger partial charge in [-0.1, -0.05) is 30.3 Å². The second-order valence-corrected chi connectivity index (χ2v) is 4.09. The Labute approximate surface area is 71.8 Å². The first-order valence-electron chi connectivity index (χ1n) is 3.57. The van der Waals surface area contributed by atoms with Crippen molar-refractivity contribution in [3.8, 4) is 0 Å². The normalized spacial score (nSPS) is 11.4. The van der Waals surface area contributed by atoms with Gasteiger partial charge >= 0.3 is 0 Å². The maximum Gasteiger partial charge on any atom is 0.265 e. The predicted molar refractivity (Wildman–Crippen MR) is 46.6 cm³/mol. The maximum absolute atomic E-state index is 10.4. The lowest BCUT2D eigenvalue weighted by Crippen LogP contribution is -2.06. The quantitative estimate of drug-likeness (QED) is 0.719. The highest BCUT2D eigenvalue weighted by Crippen LogP contribution is 2.00. The van der Waals surface area contributed by atoms with E-state index in [1.54, 1.807) is 0 Å². The van der Waals surface area contributed by atoms with E-state index < -0.39 is 10.1 Å². The van der Waals surface area contributed by atoms with Crippen LogP contribution in [0.4, 0.5) is 0 Å². The van der Waals surface area contributed by atoms with E-state index in [1.807, 2.05) is 30.3 Å². The zero-order valence-electron chi connectivity index (χ0n) is 6.47. The van der Waals surface area contributed by atoms with E-state index in [-0.39, 0.29) is 5.75 Å². The maximum atomic E-state index is 10.4. The molecule has 0 saturated carbocycles. The van der Waals surface area contributed by atoms with Gasteiger partial charge < -0.3 is 0 Å². The average Bonchev–Trinajstić information content (AvgIpc) is 2.02. The lowest BCUT2D eigenvalue weighted by Gasteiger charge is -1.97. The summed E-state index contributed by atoms with van der Waals surface area (Å²) in [5.74, 6) is -0.211. The highest BCUT2D eigenvalue weighted by Gasteiger charge is 2.03. The summed E-state index contributed by atoms with van der Waals surface area (Å²) in [6, 6.07) is 9.17. The summed E-state index contributed by atoms with van der Waals surface area (Å²) in [7, 11) is -3.82. The van der Waals surface area contributed by atoms with Gasteiger partial charge in [-0.2, -0.15) is 8.42 Å². The second-order valence-electron chi connectivity index (χ2n) is 2.52. The van der Waals surface area contributed by atoms with Crippen LogP contribution in [-0.2, 0) is 16.5 Å². The fraction of sp³-hybridized carbons (Fsp3) is 0.250. The van der Waals surface area contributed by atoms with Crippen molar-refractivity contribution in [3.05, 3.63) is 35.9 Å². The van der Waals surface area contributed by atoms with Crippen LogP contribution >= 0.6 is 0 Å². The van der Waals surface area contributed by atoms with Gasteiger partial charge in [-0.15, -0.1) is 0 Å². The number of benzene rings is 1. The first-order chi connectivity index (χ1) is 5.58. The molecule has 0 fully saturated rings. The van der Waals surface area contributed by atoms with Crippen molar-refractivity contribution in [1.29, 1.82) is 0 Å². The topological polar surface area (TPSA) is 54.4 Å². The van der Waals surface area contributed by atoms with Gasteiger partial charge in [0.1, 0.15) is 0 Å². The standard InChI is InChI=1S/C8H10O3S/c9-12(10,11)7-6-8-4-2-1-3-5-8/h1-5H,6-7H2,(H,9,10,11). The molecule has 3 nitrogen and oxygen atoms in total. The molecule has 0 aromatic heterocycles. The molecule has 0 bridgehead atoms. The van der Waals surface area contributed by atoms with Gasteiger partial charge in [0.2, 0.25) is 0 Å². The lowest BCUT2D eigenvalue weighted by molar-refractivity contribution is 0.482. The van der Waals surface area contributed by atoms with E-state index in [4.69, 9.17) is 4.55 Å². The fourth-order valence-electron chi connectivity index (χ4n) is 0.892. The van der Waals surface area contributed by atoms with Gasteiger partial charge in [0.05, 0.1) is 5.75 Å². The summed E-state index contributed by atoms with van der Waals surface area (Å²) in [4.78, 5) is 0. The Hall–Kier alpha value is -0.870. The second kappa shape index (κ2) is 3.69. The Balaban J connectivity index is 2.56. The third-order valence-electron chi connectivity index (χ3n) is 1.49. The SMILES string of the molecule is O=S(=O)(O)CCc1ccccc1. The summed E-state index contributed by atoms with van der Waals surface area (Å²) >= 11 is 0. The van der Waals surface area contributed by atoms with Crippen LogP contribution in [0.3, 0.4) is 0 Å². The predicted octanol–water partition coefficient (Wildman–Crippen LogP) is 1.12. The van der Waals surface area contributed by atoms with E-state index in [0.29, 0.717) is 6.42 Å². The summed E-state index contributed by atoms with van der Waals surface area (Å²) in [6.45, 7) is 0. The zero-order valence-corrected chi connectivity index (χ0v) is 7.29. The molecule has 0 unspecified atom stereocenters. The van der Waals surface area contributed by atoms with Crippen molar-refractivity contribution >= 4 is 10.1 Å². The molecular formula is C8H10O3S. The van der Waals surface area contributed by atoms with Crippen molar-refractivity contribution in [1.82, 2.24) is 0 Å². The van der Waals surface area contributed by atoms with E-state index in [2.05, 4.69) is 0 Å². The average molecular weight is 186 g/mol. The molecule has 1 N–H and O–H groups in total. The van der Waals surface area contributed by atoms with E-state index in [1.165, 1.54) is 0 Å². The molecule has 4 heteroatoms. The molecular weight excluding hydrogens is 176 g/mol. The van der Waals surface area contributed by atoms with E-state index >= 15 is 0 Å². The minimum atomic E-state index is -3.82. The molecule has 12 heavy (non-hydrogen) atoms. The van der Waals surface area contributed by atoms with Gasteiger partial charge in [-0.25, -0.2) is 0 Å². The van der Waals surface area contributed by atoms with Gasteiger partial charge in [-0.05, 0) is 12.0 Å². The molecule has 66 valence electrons. The van der Waals surface area contributed by atoms with Crippen LogP contribution in [0.25, 0.3) is 0 Å². The van der Waals surface area contributed by atoms with Gasteiger partial charge in [0.15, 0.2) is 0 Å². The van der Waals surface area contributed by atoms with Crippen LogP contribution in [0.15, 0.2) is 30.3 Å². The Morgan fingerprint density at radius 3 is 2.25 bits per heavy atom. The Morgan fingerprint density at radius 1 is 1.17 bits per heavy atom. The smallest absolute Gasteiger partial charge is 0.265 e. The molecule has 1 aromatic carbocycles. The summed E-state index contributed by atoms with van der Waals surface area (Å²) in [5.41, 5.74) is 0.912. The summed E-state index contributed by atoms with van der Waals surface area (Å²) in [5, 5.41) is 0. The first kappa shape index (κ1) is 9.22. The fourth-order valence-corrected chi connectivity index (χ4v) is 1.39. The monoisotopic (exact) mass is 186 g/mol. The molecule has 0 spiro atoms. The third kappa shape index (κ3) is 3.50. The van der Waals surface area contributed by atoms with Crippen molar-refractivity contribution < 1.29 is 13.0 Å². The lowest BCUT2D eigenvalue weighted by atomic mass is 10.2. The Kier molecular flexibility index (Phi) is 2.83. The molecule has 0 aliphatic heterocycles. The molecule has 0 aliphatic rings. The van der Waals surface area contributed by atoms with Crippen LogP contribution < -0.4 is 0 Å². The minimum absolute atomic E-state index is 0.211. The van der Waals surface area contributed by atoms with Crippen LogP contribution in [0.1, 0.15) is 5.56 Å². The third-order valence-corrected chi connectivity index (χ3v) is 2.21. The van der Waals surface area contributed by atoms with Crippen molar-refractivity contribution in [2.24, 2.45) is 0 Å². The molecule has 1 aromatic rings. The van der Waals surface area contributed by atoms with Gasteiger partial charge in [0, 0.05) is 0 Å². The molecule has 0 radical (unpaired) electrons. The van der Waals surface area contributed by atoms with Crippen LogP contribution in [0.2, 0.25) is 0 Å². The van der Waals surface area contributed by atoms with Crippen molar-refractivity contribution in [2.45, 2.75) is 6.42 Å². The summed E-state index contributed by atoms with van der Waals surface area (Å²) in [6.07, 6.45) is 0.361. The molecule has 1 rings (SSSR count). The first-order valence-corrected chi connectivity index (χ1v) is 5.18. The minimum Gasteiger partial charge on any atom is -0.286 e. The van der Waals surface area contributed by atoms with Crippen LogP contribution in [0, 0.1) is 0 Å². The molecule has 0 saturated heterocycles. The largest absolute Gasteiger partial charge is 0.286 e. The van der Waals surface area contributed by atoms with Gasteiger partial charge in [-0.3, -0.25) is 4.55 Å². The van der Waals surface area contributed by atoms with Crippen molar-refractivity contribution in [3.63, 3.8) is 0 Å². The number of hydrogen-bond acceptors (Lipinski definition) is 2. The summed E-state index contributed by atoms with van der Waals surface area (Å²) < 4.78 is 29.2. The molecule has 0 atom stereocenters. The molecule has 0 amide bonds. The van der Waals surface area contributed by atoms with E-state index in [0.717, 1.165) is 5.56 Å². The zero-order chi connectivity index (χ0) is 9.03. The van der Waals surface area contributed by atoms with Crippen LogP contribution in [0.5, 0.6) is 0 Å². The van der Waals surface area contributed by atoms with Crippen molar-refractivity contribution in [2.75, 3.05) is 5.75 Å². The Bertz CT molecular complexity index is 329. The number of hydrogen-bond donors (Lipinski definition) is 1. The highest BCUT2D eigenvalue weighted by atomic mass is 32.2. The van der Waals surface area contributed by atoms with Crippen LogP contribution in [-0.4, -0.2) is 18.7 Å². The van der Waals surface area contributed by atoms with Gasteiger partial charge in [0.25, 0.3) is 10.1 Å². The highest BCUT2D eigenvalue weighted by molar-refractivity contribution is 7.85.